The Labute approximate surface area is 111 Å². The van der Waals surface area contributed by atoms with Crippen LogP contribution < -0.4 is 0 Å². The van der Waals surface area contributed by atoms with Crippen LogP contribution in [-0.4, -0.2) is 16.8 Å². The lowest BCUT2D eigenvalue weighted by molar-refractivity contribution is -0.129. The van der Waals surface area contributed by atoms with E-state index in [2.05, 4.69) is 6.92 Å². The molecule has 2 N–H and O–H groups in total. The van der Waals surface area contributed by atoms with Crippen molar-refractivity contribution >= 4 is 11.7 Å². The number of carboxylic acids is 1. The Morgan fingerprint density at radius 3 is 1.61 bits per heavy atom. The van der Waals surface area contributed by atoms with Gasteiger partial charge in [0.2, 0.25) is 0 Å². The van der Waals surface area contributed by atoms with Gasteiger partial charge in [-0.05, 0) is 12.8 Å². The van der Waals surface area contributed by atoms with Gasteiger partial charge in [-0.15, -0.1) is 0 Å². The van der Waals surface area contributed by atoms with Gasteiger partial charge in [-0.25, -0.2) is 4.79 Å². The molecule has 0 rings (SSSR count). The Morgan fingerprint density at radius 2 is 1.22 bits per heavy atom. The van der Waals surface area contributed by atoms with Crippen LogP contribution >= 0.6 is 0 Å². The zero-order chi connectivity index (χ0) is 13.6. The molecule has 0 aliphatic heterocycles. The van der Waals surface area contributed by atoms with Crippen molar-refractivity contribution in [3.05, 3.63) is 0 Å². The maximum absolute atomic E-state index is 10.4. The first kappa shape index (κ1) is 17.1. The van der Waals surface area contributed by atoms with E-state index in [0.717, 1.165) is 12.8 Å². The lowest BCUT2D eigenvalue weighted by atomic mass is 10.0. The molecule has 0 aromatic rings. The first-order chi connectivity index (χ1) is 8.68. The molecule has 18 heavy (non-hydrogen) atoms. The molecule has 3 heteroatoms. The van der Waals surface area contributed by atoms with Gasteiger partial charge in [-0.1, -0.05) is 71.1 Å². The van der Waals surface area contributed by atoms with Crippen LogP contribution in [0, 0.1) is 5.41 Å². The summed E-state index contributed by atoms with van der Waals surface area (Å²) in [5, 5.41) is 15.7. The number of nitrogens with one attached hydrogen (secondary N) is 1. The van der Waals surface area contributed by atoms with Crippen molar-refractivity contribution in [1.82, 2.24) is 0 Å². The van der Waals surface area contributed by atoms with Gasteiger partial charge < -0.3 is 5.11 Å². The third kappa shape index (κ3) is 11.6. The van der Waals surface area contributed by atoms with Crippen molar-refractivity contribution in [3.63, 3.8) is 0 Å². The number of unbranched alkanes of at least 4 members (excludes halogenated alkanes) is 10. The highest BCUT2D eigenvalue weighted by molar-refractivity contribution is 6.34. The van der Waals surface area contributed by atoms with E-state index in [1.165, 1.54) is 57.8 Å². The van der Waals surface area contributed by atoms with Gasteiger partial charge in [0.1, 0.15) is 5.71 Å². The minimum absolute atomic E-state index is 0.147. The molecule has 3 nitrogen and oxygen atoms in total. The summed E-state index contributed by atoms with van der Waals surface area (Å²) in [7, 11) is 0. The van der Waals surface area contributed by atoms with Gasteiger partial charge in [-0.2, -0.15) is 0 Å². The molecule has 0 aliphatic carbocycles. The molecule has 0 bridgehead atoms. The number of carbonyl (C=O) groups is 1. The molecular weight excluding hydrogens is 226 g/mol. The lowest BCUT2D eigenvalue weighted by Crippen LogP contribution is -2.10. The predicted molar refractivity (Wildman–Crippen MR) is 76.4 cm³/mol. The molecule has 0 fully saturated rings. The van der Waals surface area contributed by atoms with Crippen molar-refractivity contribution in [3.8, 4) is 0 Å². The molecule has 0 aromatic carbocycles. The van der Waals surface area contributed by atoms with Gasteiger partial charge in [0.05, 0.1) is 0 Å². The fraction of sp³-hybridized carbons (Fsp3) is 0.867. The molecular formula is C15H29NO2. The summed E-state index contributed by atoms with van der Waals surface area (Å²) in [4.78, 5) is 10.4. The fourth-order valence-corrected chi connectivity index (χ4v) is 2.07. The van der Waals surface area contributed by atoms with E-state index in [1.54, 1.807) is 0 Å². The van der Waals surface area contributed by atoms with Crippen LogP contribution in [-0.2, 0) is 4.79 Å². The fourth-order valence-electron chi connectivity index (χ4n) is 2.07. The summed E-state index contributed by atoms with van der Waals surface area (Å²) in [6.07, 6.45) is 14.2. The third-order valence-electron chi connectivity index (χ3n) is 3.29. The highest BCUT2D eigenvalue weighted by Gasteiger charge is 2.04. The number of carboxylic acid groups (broad SMARTS) is 1. The topological polar surface area (TPSA) is 61.2 Å². The summed E-state index contributed by atoms with van der Waals surface area (Å²) in [5.74, 6) is -1.07. The van der Waals surface area contributed by atoms with E-state index < -0.39 is 5.97 Å². The largest absolute Gasteiger partial charge is 0.477 e. The van der Waals surface area contributed by atoms with Crippen LogP contribution in [0.5, 0.6) is 0 Å². The number of rotatable bonds is 13. The summed E-state index contributed by atoms with van der Waals surface area (Å²) in [5.41, 5.74) is -0.147. The monoisotopic (exact) mass is 255 g/mol. The average Bonchev–Trinajstić information content (AvgIpc) is 2.35. The number of hydrogen-bond acceptors (Lipinski definition) is 2. The number of aliphatic carboxylic acids is 1. The standard InChI is InChI=1S/C15H29NO2/c1-2-3-4-5-6-7-8-9-10-11-12-13-14(16)15(17)18/h16H,2-13H2,1H3,(H,17,18). The summed E-state index contributed by atoms with van der Waals surface area (Å²) >= 11 is 0. The molecule has 0 heterocycles. The van der Waals surface area contributed by atoms with Gasteiger partial charge in [0.25, 0.3) is 0 Å². The molecule has 0 unspecified atom stereocenters. The van der Waals surface area contributed by atoms with Crippen LogP contribution in [0.4, 0.5) is 0 Å². The Balaban J connectivity index is 3.07. The normalized spacial score (nSPS) is 10.5. The predicted octanol–water partition coefficient (Wildman–Crippen LogP) is 4.79. The summed E-state index contributed by atoms with van der Waals surface area (Å²) in [6.45, 7) is 2.24. The van der Waals surface area contributed by atoms with Crippen LogP contribution in [0.25, 0.3) is 0 Å². The van der Waals surface area contributed by atoms with Crippen molar-refractivity contribution in [1.29, 1.82) is 5.41 Å². The molecule has 0 amide bonds. The zero-order valence-corrected chi connectivity index (χ0v) is 11.8. The molecule has 0 aromatic heterocycles. The smallest absolute Gasteiger partial charge is 0.349 e. The van der Waals surface area contributed by atoms with E-state index in [0.29, 0.717) is 6.42 Å². The van der Waals surface area contributed by atoms with Crippen molar-refractivity contribution in [2.24, 2.45) is 0 Å². The van der Waals surface area contributed by atoms with Gasteiger partial charge in [0, 0.05) is 0 Å². The first-order valence-electron chi connectivity index (χ1n) is 7.49. The van der Waals surface area contributed by atoms with Crippen LogP contribution in [0.15, 0.2) is 0 Å². The number of hydrogen-bond donors (Lipinski definition) is 2. The van der Waals surface area contributed by atoms with Gasteiger partial charge in [0.15, 0.2) is 0 Å². The van der Waals surface area contributed by atoms with Crippen molar-refractivity contribution in [2.75, 3.05) is 0 Å². The summed E-state index contributed by atoms with van der Waals surface area (Å²) < 4.78 is 0. The SMILES string of the molecule is CCCCCCCCCCCCCC(=N)C(=O)O. The molecule has 0 saturated heterocycles. The van der Waals surface area contributed by atoms with E-state index in [1.807, 2.05) is 0 Å². The van der Waals surface area contributed by atoms with E-state index in [4.69, 9.17) is 10.5 Å². The summed E-state index contributed by atoms with van der Waals surface area (Å²) in [6, 6.07) is 0. The molecule has 0 saturated carbocycles. The zero-order valence-electron chi connectivity index (χ0n) is 11.8. The Morgan fingerprint density at radius 1 is 0.833 bits per heavy atom. The molecule has 106 valence electrons. The Kier molecular flexibility index (Phi) is 12.0. The highest BCUT2D eigenvalue weighted by atomic mass is 16.4. The average molecular weight is 255 g/mol. The quantitative estimate of drug-likeness (QED) is 0.367. The molecule has 0 radical (unpaired) electrons. The van der Waals surface area contributed by atoms with Crippen molar-refractivity contribution in [2.45, 2.75) is 84.0 Å². The van der Waals surface area contributed by atoms with Gasteiger partial charge in [-0.3, -0.25) is 5.41 Å². The maximum atomic E-state index is 10.4. The van der Waals surface area contributed by atoms with E-state index in [-0.39, 0.29) is 5.71 Å². The van der Waals surface area contributed by atoms with Crippen LogP contribution in [0.2, 0.25) is 0 Å². The lowest BCUT2D eigenvalue weighted by Gasteiger charge is -2.02. The minimum Gasteiger partial charge on any atom is -0.477 e. The molecule has 0 atom stereocenters. The Hall–Kier alpha value is -0.860. The third-order valence-corrected chi connectivity index (χ3v) is 3.29. The Bertz CT molecular complexity index is 227. The van der Waals surface area contributed by atoms with Gasteiger partial charge >= 0.3 is 5.97 Å². The molecule has 0 aliphatic rings. The van der Waals surface area contributed by atoms with E-state index in [9.17, 15) is 4.79 Å². The molecule has 0 spiro atoms. The van der Waals surface area contributed by atoms with Crippen molar-refractivity contribution < 1.29 is 9.90 Å². The first-order valence-corrected chi connectivity index (χ1v) is 7.49. The second-order valence-corrected chi connectivity index (χ2v) is 5.07. The second kappa shape index (κ2) is 12.6. The second-order valence-electron chi connectivity index (χ2n) is 5.07. The maximum Gasteiger partial charge on any atom is 0.349 e. The van der Waals surface area contributed by atoms with E-state index >= 15 is 0 Å². The minimum atomic E-state index is -1.07. The highest BCUT2D eigenvalue weighted by Crippen LogP contribution is 2.11. The van der Waals surface area contributed by atoms with Crippen LogP contribution in [0.1, 0.15) is 84.0 Å². The van der Waals surface area contributed by atoms with Crippen LogP contribution in [0.3, 0.4) is 0 Å².